The molecule has 0 bridgehead atoms. The fourth-order valence-corrected chi connectivity index (χ4v) is 2.83. The summed E-state index contributed by atoms with van der Waals surface area (Å²) in [7, 11) is -0.638. The maximum atomic E-state index is 12.1. The minimum absolute atomic E-state index is 0.130. The molecular formula is C15H15BrN2O4S. The van der Waals surface area contributed by atoms with Crippen LogP contribution < -0.4 is 14.3 Å². The summed E-state index contributed by atoms with van der Waals surface area (Å²) >= 11 is 3.25. The van der Waals surface area contributed by atoms with Gasteiger partial charge < -0.3 is 9.47 Å². The van der Waals surface area contributed by atoms with Gasteiger partial charge >= 0.3 is 0 Å². The molecule has 0 spiro atoms. The molecule has 0 aliphatic rings. The molecule has 122 valence electrons. The number of benzene rings is 2. The topological polar surface area (TPSA) is 77.0 Å². The minimum Gasteiger partial charge on any atom is -0.493 e. The van der Waals surface area contributed by atoms with Gasteiger partial charge in [0, 0.05) is 4.47 Å². The summed E-state index contributed by atoms with van der Waals surface area (Å²) in [5, 5.41) is 3.77. The van der Waals surface area contributed by atoms with Gasteiger partial charge in [-0.05, 0) is 48.0 Å². The first-order chi connectivity index (χ1) is 11.0. The van der Waals surface area contributed by atoms with Crippen LogP contribution in [0.2, 0.25) is 0 Å². The van der Waals surface area contributed by atoms with E-state index in [-0.39, 0.29) is 4.90 Å². The molecule has 0 saturated carbocycles. The highest BCUT2D eigenvalue weighted by Crippen LogP contribution is 2.26. The summed E-state index contributed by atoms with van der Waals surface area (Å²) < 4.78 is 35.2. The van der Waals surface area contributed by atoms with E-state index in [9.17, 15) is 8.42 Å². The molecule has 8 heteroatoms. The third-order valence-corrected chi connectivity index (χ3v) is 4.69. The zero-order valence-electron chi connectivity index (χ0n) is 12.5. The third-order valence-electron chi connectivity index (χ3n) is 2.92. The van der Waals surface area contributed by atoms with E-state index >= 15 is 0 Å². The molecule has 1 N–H and O–H groups in total. The maximum absolute atomic E-state index is 12.1. The van der Waals surface area contributed by atoms with E-state index in [1.165, 1.54) is 32.6 Å². The molecule has 0 saturated heterocycles. The first kappa shape index (κ1) is 17.3. The van der Waals surface area contributed by atoms with Gasteiger partial charge in [0.1, 0.15) is 0 Å². The lowest BCUT2D eigenvalue weighted by molar-refractivity contribution is 0.355. The van der Waals surface area contributed by atoms with Crippen molar-refractivity contribution in [2.24, 2.45) is 5.10 Å². The highest BCUT2D eigenvalue weighted by molar-refractivity contribution is 9.10. The van der Waals surface area contributed by atoms with Gasteiger partial charge in [0.25, 0.3) is 10.0 Å². The highest BCUT2D eigenvalue weighted by Gasteiger charge is 2.12. The molecular weight excluding hydrogens is 384 g/mol. The third kappa shape index (κ3) is 4.46. The number of ether oxygens (including phenoxy) is 2. The molecule has 0 radical (unpaired) electrons. The van der Waals surface area contributed by atoms with E-state index < -0.39 is 10.0 Å². The van der Waals surface area contributed by atoms with Crippen LogP contribution >= 0.6 is 15.9 Å². The number of halogens is 1. The summed E-state index contributed by atoms with van der Waals surface area (Å²) in [5.74, 6) is 1.12. The highest BCUT2D eigenvalue weighted by atomic mass is 79.9. The Morgan fingerprint density at radius 2 is 1.70 bits per heavy atom. The first-order valence-electron chi connectivity index (χ1n) is 6.49. The monoisotopic (exact) mass is 398 g/mol. The second-order valence-corrected chi connectivity index (χ2v) is 7.00. The molecule has 6 nitrogen and oxygen atoms in total. The van der Waals surface area contributed by atoms with Gasteiger partial charge in [0.2, 0.25) is 0 Å². The Kier molecular flexibility index (Phi) is 5.62. The van der Waals surface area contributed by atoms with E-state index in [0.29, 0.717) is 17.1 Å². The predicted octanol–water partition coefficient (Wildman–Crippen LogP) is 2.78. The van der Waals surface area contributed by atoms with Gasteiger partial charge in [-0.3, -0.25) is 0 Å². The zero-order chi connectivity index (χ0) is 16.9. The van der Waals surface area contributed by atoms with Crippen molar-refractivity contribution in [2.45, 2.75) is 4.90 Å². The Labute approximate surface area is 143 Å². The molecule has 0 aliphatic carbocycles. The number of sulfonamides is 1. The number of nitrogens with zero attached hydrogens (tertiary/aromatic N) is 1. The standard InChI is InChI=1S/C15H15BrN2O4S/c1-21-14-8-3-11(9-15(14)22-2)10-17-18-23(19,20)13-6-4-12(16)5-7-13/h3-10,18H,1-2H3/b17-10-. The minimum atomic E-state index is -3.70. The van der Waals surface area contributed by atoms with E-state index in [4.69, 9.17) is 9.47 Å². The Bertz CT molecular complexity index is 805. The van der Waals surface area contributed by atoms with Crippen LogP contribution in [0.5, 0.6) is 11.5 Å². The van der Waals surface area contributed by atoms with Crippen molar-refractivity contribution in [2.75, 3.05) is 14.2 Å². The van der Waals surface area contributed by atoms with Gasteiger partial charge in [0.15, 0.2) is 11.5 Å². The average Bonchev–Trinajstić information content (AvgIpc) is 2.55. The number of methoxy groups -OCH3 is 2. The van der Waals surface area contributed by atoms with Crippen molar-refractivity contribution in [3.05, 3.63) is 52.5 Å². The van der Waals surface area contributed by atoms with E-state index in [0.717, 1.165) is 4.47 Å². The van der Waals surface area contributed by atoms with Crippen LogP contribution in [0.1, 0.15) is 5.56 Å². The molecule has 23 heavy (non-hydrogen) atoms. The molecule has 0 atom stereocenters. The molecule has 0 fully saturated rings. The van der Waals surface area contributed by atoms with Crippen molar-refractivity contribution >= 4 is 32.2 Å². The van der Waals surface area contributed by atoms with Gasteiger partial charge in [-0.2, -0.15) is 13.5 Å². The average molecular weight is 399 g/mol. The van der Waals surface area contributed by atoms with Crippen LogP contribution in [0, 0.1) is 0 Å². The molecule has 2 aromatic rings. The fraction of sp³-hybridized carbons (Fsp3) is 0.133. The SMILES string of the molecule is COc1ccc(/C=N\NS(=O)(=O)c2ccc(Br)cc2)cc1OC. The van der Waals surface area contributed by atoms with Crippen molar-refractivity contribution < 1.29 is 17.9 Å². The van der Waals surface area contributed by atoms with Gasteiger partial charge in [0.05, 0.1) is 25.3 Å². The maximum Gasteiger partial charge on any atom is 0.276 e. The van der Waals surface area contributed by atoms with Crippen LogP contribution in [0.3, 0.4) is 0 Å². The second kappa shape index (κ2) is 7.47. The Balaban J connectivity index is 2.13. The second-order valence-electron chi connectivity index (χ2n) is 4.42. The molecule has 0 unspecified atom stereocenters. The molecule has 0 aliphatic heterocycles. The lowest BCUT2D eigenvalue weighted by Gasteiger charge is -2.07. The first-order valence-corrected chi connectivity index (χ1v) is 8.76. The van der Waals surface area contributed by atoms with Crippen LogP contribution in [-0.2, 0) is 10.0 Å². The Morgan fingerprint density at radius 3 is 2.30 bits per heavy atom. The van der Waals surface area contributed by atoms with Crippen LogP contribution in [0.25, 0.3) is 0 Å². The fourth-order valence-electron chi connectivity index (χ4n) is 1.77. The van der Waals surface area contributed by atoms with Crippen LogP contribution in [0.15, 0.2) is 56.9 Å². The molecule has 0 amide bonds. The predicted molar refractivity (Wildman–Crippen MR) is 91.6 cm³/mol. The molecule has 2 rings (SSSR count). The molecule has 2 aromatic carbocycles. The number of rotatable bonds is 6. The Hall–Kier alpha value is -2.06. The molecule has 0 heterocycles. The van der Waals surface area contributed by atoms with Crippen molar-refractivity contribution in [3.8, 4) is 11.5 Å². The lowest BCUT2D eigenvalue weighted by atomic mass is 10.2. The number of nitrogens with one attached hydrogen (secondary N) is 1. The van der Waals surface area contributed by atoms with Crippen molar-refractivity contribution in [1.82, 2.24) is 4.83 Å². The number of hydrogen-bond acceptors (Lipinski definition) is 5. The quantitative estimate of drug-likeness (QED) is 0.599. The summed E-state index contributed by atoms with van der Waals surface area (Å²) in [5.41, 5.74) is 0.668. The van der Waals surface area contributed by atoms with Crippen molar-refractivity contribution in [3.63, 3.8) is 0 Å². The number of hydrogen-bond donors (Lipinski definition) is 1. The van der Waals surface area contributed by atoms with Gasteiger partial charge in [-0.25, -0.2) is 4.83 Å². The van der Waals surface area contributed by atoms with Gasteiger partial charge in [-0.1, -0.05) is 15.9 Å². The van der Waals surface area contributed by atoms with Crippen LogP contribution in [0.4, 0.5) is 0 Å². The zero-order valence-corrected chi connectivity index (χ0v) is 14.9. The Morgan fingerprint density at radius 1 is 1.04 bits per heavy atom. The molecule has 0 aromatic heterocycles. The van der Waals surface area contributed by atoms with E-state index in [2.05, 4.69) is 25.9 Å². The summed E-state index contributed by atoms with van der Waals surface area (Å²) in [6, 6.07) is 11.4. The van der Waals surface area contributed by atoms with Gasteiger partial charge in [-0.15, -0.1) is 0 Å². The van der Waals surface area contributed by atoms with Crippen LogP contribution in [-0.4, -0.2) is 28.9 Å². The summed E-state index contributed by atoms with van der Waals surface area (Å²) in [6.45, 7) is 0. The number of hydrazone groups is 1. The van der Waals surface area contributed by atoms with E-state index in [1.54, 1.807) is 30.3 Å². The smallest absolute Gasteiger partial charge is 0.276 e. The normalized spacial score (nSPS) is 11.4. The van der Waals surface area contributed by atoms with Crippen molar-refractivity contribution in [1.29, 1.82) is 0 Å². The summed E-state index contributed by atoms with van der Waals surface area (Å²) in [6.07, 6.45) is 1.39. The lowest BCUT2D eigenvalue weighted by Crippen LogP contribution is -2.18. The largest absolute Gasteiger partial charge is 0.493 e. The summed E-state index contributed by atoms with van der Waals surface area (Å²) in [4.78, 5) is 2.29. The van der Waals surface area contributed by atoms with E-state index in [1.807, 2.05) is 0 Å².